The predicted octanol–water partition coefficient (Wildman–Crippen LogP) is 4.95. The molecule has 3 heteroatoms. The molecule has 0 aliphatic carbocycles. The summed E-state index contributed by atoms with van der Waals surface area (Å²) in [6.45, 7) is 6.28. The van der Waals surface area contributed by atoms with E-state index in [1.54, 1.807) is 0 Å². The second-order valence-corrected chi connectivity index (χ2v) is 6.20. The highest BCUT2D eigenvalue weighted by Gasteiger charge is 2.14. The van der Waals surface area contributed by atoms with Crippen molar-refractivity contribution in [2.24, 2.45) is 0 Å². The Morgan fingerprint density at radius 3 is 2.33 bits per heavy atom. The Hall–Kier alpha value is -1.61. The number of rotatable bonds is 4. The minimum atomic E-state index is -0.0346. The van der Waals surface area contributed by atoms with Crippen molar-refractivity contribution in [3.8, 4) is 0 Å². The van der Waals surface area contributed by atoms with Gasteiger partial charge in [-0.1, -0.05) is 41.1 Å². The van der Waals surface area contributed by atoms with Crippen LogP contribution in [-0.4, -0.2) is 5.91 Å². The van der Waals surface area contributed by atoms with E-state index in [0.717, 1.165) is 16.5 Å². The Balaban J connectivity index is 2.16. The van der Waals surface area contributed by atoms with E-state index in [1.165, 1.54) is 11.1 Å². The lowest BCUT2D eigenvalue weighted by atomic mass is 9.99. The normalized spacial score (nSPS) is 12.0. The lowest BCUT2D eigenvalue weighted by Gasteiger charge is -2.18. The first-order chi connectivity index (χ1) is 10.0. The summed E-state index contributed by atoms with van der Waals surface area (Å²) in [7, 11) is 0. The molecule has 0 saturated heterocycles. The molecule has 1 N–H and O–H groups in total. The highest BCUT2D eigenvalue weighted by molar-refractivity contribution is 9.10. The summed E-state index contributed by atoms with van der Waals surface area (Å²) < 4.78 is 0.972. The lowest BCUT2D eigenvalue weighted by Crippen LogP contribution is -2.28. The first-order valence-electron chi connectivity index (χ1n) is 7.15. The molecule has 2 aromatic rings. The molecule has 2 nitrogen and oxygen atoms in total. The minimum Gasteiger partial charge on any atom is -0.345 e. The van der Waals surface area contributed by atoms with Gasteiger partial charge in [-0.3, -0.25) is 4.79 Å². The van der Waals surface area contributed by atoms with E-state index in [2.05, 4.69) is 60.2 Å². The summed E-state index contributed by atoms with van der Waals surface area (Å²) >= 11 is 3.38. The fourth-order valence-corrected chi connectivity index (χ4v) is 2.51. The largest absolute Gasteiger partial charge is 0.345 e. The third-order valence-electron chi connectivity index (χ3n) is 3.75. The number of benzene rings is 2. The first kappa shape index (κ1) is 15.8. The summed E-state index contributed by atoms with van der Waals surface area (Å²) in [6, 6.07) is 13.8. The Morgan fingerprint density at radius 2 is 1.76 bits per heavy atom. The fraction of sp³-hybridized carbons (Fsp3) is 0.278. The number of carbonyl (C=O) groups excluding carboxylic acids is 1. The Kier molecular flexibility index (Phi) is 5.18. The van der Waals surface area contributed by atoms with Crippen molar-refractivity contribution in [2.45, 2.75) is 33.2 Å². The van der Waals surface area contributed by atoms with Crippen LogP contribution in [0.3, 0.4) is 0 Å². The van der Waals surface area contributed by atoms with Crippen LogP contribution >= 0.6 is 15.9 Å². The van der Waals surface area contributed by atoms with E-state index < -0.39 is 0 Å². The number of hydrogen-bond acceptors (Lipinski definition) is 1. The molecule has 0 bridgehead atoms. The molecule has 0 unspecified atom stereocenters. The molecule has 21 heavy (non-hydrogen) atoms. The van der Waals surface area contributed by atoms with E-state index >= 15 is 0 Å². The molecule has 0 saturated carbocycles. The molecule has 2 rings (SSSR count). The highest BCUT2D eigenvalue weighted by Crippen LogP contribution is 2.20. The third-order valence-corrected chi connectivity index (χ3v) is 4.28. The predicted molar refractivity (Wildman–Crippen MR) is 90.6 cm³/mol. The van der Waals surface area contributed by atoms with Crippen molar-refractivity contribution >= 4 is 21.8 Å². The van der Waals surface area contributed by atoms with Gasteiger partial charge in [-0.15, -0.1) is 0 Å². The van der Waals surface area contributed by atoms with Crippen LogP contribution in [0, 0.1) is 13.8 Å². The zero-order valence-corrected chi connectivity index (χ0v) is 14.2. The van der Waals surface area contributed by atoms with Gasteiger partial charge in [-0.05, 0) is 61.2 Å². The molecule has 0 radical (unpaired) electrons. The quantitative estimate of drug-likeness (QED) is 0.834. The van der Waals surface area contributed by atoms with Crippen molar-refractivity contribution in [2.75, 3.05) is 0 Å². The monoisotopic (exact) mass is 345 g/mol. The number of amides is 1. The molecule has 2 aromatic carbocycles. The smallest absolute Gasteiger partial charge is 0.251 e. The lowest BCUT2D eigenvalue weighted by molar-refractivity contribution is 0.0935. The van der Waals surface area contributed by atoms with Crippen molar-refractivity contribution < 1.29 is 4.79 Å². The van der Waals surface area contributed by atoms with E-state index in [0.29, 0.717) is 5.56 Å². The van der Waals surface area contributed by atoms with Crippen LogP contribution in [-0.2, 0) is 0 Å². The maximum Gasteiger partial charge on any atom is 0.251 e. The topological polar surface area (TPSA) is 29.1 Å². The molecular formula is C18H20BrNO. The first-order valence-corrected chi connectivity index (χ1v) is 7.94. The van der Waals surface area contributed by atoms with Gasteiger partial charge in [-0.2, -0.15) is 0 Å². The number of halogens is 1. The second-order valence-electron chi connectivity index (χ2n) is 5.28. The fourth-order valence-electron chi connectivity index (χ4n) is 2.25. The maximum absolute atomic E-state index is 12.3. The summed E-state index contributed by atoms with van der Waals surface area (Å²) in [6.07, 6.45) is 0.866. The third kappa shape index (κ3) is 3.94. The molecular weight excluding hydrogens is 326 g/mol. The summed E-state index contributed by atoms with van der Waals surface area (Å²) in [5, 5.41) is 3.11. The molecule has 0 aliphatic heterocycles. The average Bonchev–Trinajstić information content (AvgIpc) is 2.48. The Morgan fingerprint density at radius 1 is 1.10 bits per heavy atom. The maximum atomic E-state index is 12.3. The van der Waals surface area contributed by atoms with Crippen LogP contribution in [0.5, 0.6) is 0 Å². The summed E-state index contributed by atoms with van der Waals surface area (Å²) in [5.41, 5.74) is 4.36. The average molecular weight is 346 g/mol. The summed E-state index contributed by atoms with van der Waals surface area (Å²) in [4.78, 5) is 12.3. The highest BCUT2D eigenvalue weighted by atomic mass is 79.9. The van der Waals surface area contributed by atoms with E-state index in [1.807, 2.05) is 24.3 Å². The SMILES string of the molecule is CC[C@@H](NC(=O)c1ccc(Br)cc1)c1ccc(C)c(C)c1. The van der Waals surface area contributed by atoms with Crippen LogP contribution in [0.2, 0.25) is 0 Å². The van der Waals surface area contributed by atoms with Gasteiger partial charge in [0.25, 0.3) is 5.91 Å². The van der Waals surface area contributed by atoms with Crippen molar-refractivity contribution in [1.82, 2.24) is 5.32 Å². The van der Waals surface area contributed by atoms with Crippen LogP contribution in [0.15, 0.2) is 46.9 Å². The van der Waals surface area contributed by atoms with E-state index in [-0.39, 0.29) is 11.9 Å². The number of aryl methyl sites for hydroxylation is 2. The molecule has 1 amide bonds. The van der Waals surface area contributed by atoms with Gasteiger partial charge in [0.15, 0.2) is 0 Å². The van der Waals surface area contributed by atoms with Crippen LogP contribution in [0.4, 0.5) is 0 Å². The van der Waals surface area contributed by atoms with Crippen LogP contribution < -0.4 is 5.32 Å². The van der Waals surface area contributed by atoms with Gasteiger partial charge in [0, 0.05) is 10.0 Å². The molecule has 0 aliphatic rings. The molecule has 0 heterocycles. The Bertz CT molecular complexity index is 634. The summed E-state index contributed by atoms with van der Waals surface area (Å²) in [5.74, 6) is -0.0346. The van der Waals surface area contributed by atoms with Gasteiger partial charge in [0.2, 0.25) is 0 Å². The van der Waals surface area contributed by atoms with Gasteiger partial charge in [-0.25, -0.2) is 0 Å². The van der Waals surface area contributed by atoms with Gasteiger partial charge in [0.05, 0.1) is 6.04 Å². The molecule has 110 valence electrons. The van der Waals surface area contributed by atoms with Crippen LogP contribution in [0.1, 0.15) is 46.4 Å². The molecule has 0 fully saturated rings. The zero-order chi connectivity index (χ0) is 15.4. The van der Waals surface area contributed by atoms with E-state index in [4.69, 9.17) is 0 Å². The molecule has 0 spiro atoms. The second kappa shape index (κ2) is 6.90. The van der Waals surface area contributed by atoms with Gasteiger partial charge in [0.1, 0.15) is 0 Å². The van der Waals surface area contributed by atoms with Crippen molar-refractivity contribution in [3.63, 3.8) is 0 Å². The van der Waals surface area contributed by atoms with Gasteiger partial charge >= 0.3 is 0 Å². The van der Waals surface area contributed by atoms with Crippen molar-refractivity contribution in [1.29, 1.82) is 0 Å². The molecule has 1 atom stereocenters. The number of nitrogens with one attached hydrogen (secondary N) is 1. The number of hydrogen-bond donors (Lipinski definition) is 1. The number of carbonyl (C=O) groups is 1. The van der Waals surface area contributed by atoms with Crippen LogP contribution in [0.25, 0.3) is 0 Å². The zero-order valence-electron chi connectivity index (χ0n) is 12.6. The van der Waals surface area contributed by atoms with E-state index in [9.17, 15) is 4.79 Å². The van der Waals surface area contributed by atoms with Gasteiger partial charge < -0.3 is 5.32 Å². The Labute approximate surface area is 134 Å². The standard InChI is InChI=1S/C18H20BrNO/c1-4-17(15-6-5-12(2)13(3)11-15)20-18(21)14-7-9-16(19)10-8-14/h5-11,17H,4H2,1-3H3,(H,20,21)/t17-/m1/s1. The molecule has 0 aromatic heterocycles. The minimum absolute atomic E-state index is 0.0346. The van der Waals surface area contributed by atoms with Crippen molar-refractivity contribution in [3.05, 3.63) is 69.2 Å².